The van der Waals surface area contributed by atoms with Gasteiger partial charge in [-0.25, -0.2) is 8.42 Å². The molecule has 6 nitrogen and oxygen atoms in total. The monoisotopic (exact) mass is 353 g/mol. The van der Waals surface area contributed by atoms with Crippen LogP contribution in [0.2, 0.25) is 0 Å². The summed E-state index contributed by atoms with van der Waals surface area (Å²) in [5.74, 6) is 0.402. The predicted octanol–water partition coefficient (Wildman–Crippen LogP) is 1.40. The molecule has 24 heavy (non-hydrogen) atoms. The van der Waals surface area contributed by atoms with Crippen LogP contribution in [0.5, 0.6) is 0 Å². The second-order valence-electron chi connectivity index (χ2n) is 6.38. The van der Waals surface area contributed by atoms with Gasteiger partial charge >= 0.3 is 0 Å². The molecular formula is C17H27N3O3S. The molecule has 1 fully saturated rings. The molecule has 1 N–H and O–H groups in total. The summed E-state index contributed by atoms with van der Waals surface area (Å²) < 4.78 is 27.0. The number of rotatable bonds is 6. The van der Waals surface area contributed by atoms with Crippen LogP contribution in [0.15, 0.2) is 29.2 Å². The molecule has 134 valence electrons. The topological polar surface area (TPSA) is 69.7 Å². The number of benzene rings is 1. The highest BCUT2D eigenvalue weighted by Gasteiger charge is 2.29. The molecule has 2 rings (SSSR count). The number of hydrogen-bond donors (Lipinski definition) is 1. The Kier molecular flexibility index (Phi) is 6.37. The predicted molar refractivity (Wildman–Crippen MR) is 94.5 cm³/mol. The first-order valence-electron chi connectivity index (χ1n) is 8.38. The zero-order valence-electron chi connectivity index (χ0n) is 14.7. The maximum atomic E-state index is 12.7. The summed E-state index contributed by atoms with van der Waals surface area (Å²) in [6, 6.07) is 6.20. The van der Waals surface area contributed by atoms with Crippen molar-refractivity contribution in [1.82, 2.24) is 14.5 Å². The van der Waals surface area contributed by atoms with Crippen LogP contribution >= 0.6 is 0 Å². The Balaban J connectivity index is 2.04. The van der Waals surface area contributed by atoms with Crippen molar-refractivity contribution in [1.29, 1.82) is 0 Å². The number of amides is 1. The summed E-state index contributed by atoms with van der Waals surface area (Å²) in [7, 11) is -0.138. The number of carbonyl (C=O) groups excluding carboxylic acids is 1. The number of hydrogen-bond acceptors (Lipinski definition) is 4. The molecule has 1 saturated heterocycles. The van der Waals surface area contributed by atoms with E-state index in [2.05, 4.69) is 12.2 Å². The van der Waals surface area contributed by atoms with Crippen molar-refractivity contribution in [2.24, 2.45) is 5.92 Å². The molecule has 1 aliphatic heterocycles. The quantitative estimate of drug-likeness (QED) is 0.839. The fraction of sp³-hybridized carbons (Fsp3) is 0.588. The van der Waals surface area contributed by atoms with Crippen LogP contribution in [-0.2, 0) is 10.0 Å². The van der Waals surface area contributed by atoms with E-state index in [1.165, 1.54) is 17.0 Å². The highest BCUT2D eigenvalue weighted by molar-refractivity contribution is 7.89. The molecule has 1 aromatic carbocycles. The lowest BCUT2D eigenvalue weighted by atomic mass is 9.98. The Morgan fingerprint density at radius 2 is 1.79 bits per heavy atom. The molecule has 7 heteroatoms. The zero-order valence-corrected chi connectivity index (χ0v) is 15.5. The molecule has 0 radical (unpaired) electrons. The molecule has 0 aliphatic carbocycles. The lowest BCUT2D eigenvalue weighted by Crippen LogP contribution is -2.40. The zero-order chi connectivity index (χ0) is 17.7. The van der Waals surface area contributed by atoms with Crippen molar-refractivity contribution in [2.75, 3.05) is 40.3 Å². The lowest BCUT2D eigenvalue weighted by Gasteiger charge is -2.31. The van der Waals surface area contributed by atoms with E-state index in [0.29, 0.717) is 24.6 Å². The van der Waals surface area contributed by atoms with Gasteiger partial charge in [-0.05, 0) is 56.1 Å². The van der Waals surface area contributed by atoms with E-state index in [1.807, 2.05) is 0 Å². The average molecular weight is 353 g/mol. The first-order valence-corrected chi connectivity index (χ1v) is 9.83. The van der Waals surface area contributed by atoms with Gasteiger partial charge in [-0.1, -0.05) is 6.92 Å². The number of nitrogens with zero attached hydrogens (tertiary/aromatic N) is 2. The van der Waals surface area contributed by atoms with Crippen molar-refractivity contribution in [3.63, 3.8) is 0 Å². The van der Waals surface area contributed by atoms with E-state index in [-0.39, 0.29) is 10.8 Å². The van der Waals surface area contributed by atoms with E-state index in [0.717, 1.165) is 25.9 Å². The van der Waals surface area contributed by atoms with E-state index in [4.69, 9.17) is 0 Å². The highest BCUT2D eigenvalue weighted by Crippen LogP contribution is 2.23. The summed E-state index contributed by atoms with van der Waals surface area (Å²) in [6.45, 7) is 5.07. The van der Waals surface area contributed by atoms with Gasteiger partial charge in [-0.3, -0.25) is 4.79 Å². The smallest absolute Gasteiger partial charge is 0.253 e. The van der Waals surface area contributed by atoms with Crippen LogP contribution in [0.3, 0.4) is 0 Å². The standard InChI is InChI=1S/C17H27N3O3S/c1-4-18-13-14-9-11-20(12-10-14)24(22,23)16-7-5-15(6-8-16)17(21)19(2)3/h5-8,14,18H,4,9-13H2,1-3H3. The maximum absolute atomic E-state index is 12.7. The van der Waals surface area contributed by atoms with E-state index < -0.39 is 10.0 Å². The second-order valence-corrected chi connectivity index (χ2v) is 8.32. The highest BCUT2D eigenvalue weighted by atomic mass is 32.2. The van der Waals surface area contributed by atoms with Gasteiger partial charge in [0, 0.05) is 32.7 Å². The molecule has 0 spiro atoms. The van der Waals surface area contributed by atoms with Crippen molar-refractivity contribution < 1.29 is 13.2 Å². The van der Waals surface area contributed by atoms with Crippen LogP contribution in [0.4, 0.5) is 0 Å². The summed E-state index contributed by atoms with van der Waals surface area (Å²) in [6.07, 6.45) is 1.76. The van der Waals surface area contributed by atoms with Gasteiger partial charge in [0.05, 0.1) is 4.90 Å². The van der Waals surface area contributed by atoms with E-state index in [1.54, 1.807) is 30.5 Å². The molecule has 1 amide bonds. The van der Waals surface area contributed by atoms with Crippen molar-refractivity contribution in [3.05, 3.63) is 29.8 Å². The molecule has 1 heterocycles. The molecule has 0 bridgehead atoms. The SMILES string of the molecule is CCNCC1CCN(S(=O)(=O)c2ccc(C(=O)N(C)C)cc2)CC1. The van der Waals surface area contributed by atoms with Gasteiger partial charge in [0.2, 0.25) is 10.0 Å². The third-order valence-electron chi connectivity index (χ3n) is 4.40. The van der Waals surface area contributed by atoms with Gasteiger partial charge in [-0.2, -0.15) is 4.31 Å². The summed E-state index contributed by atoms with van der Waals surface area (Å²) in [5.41, 5.74) is 0.489. The van der Waals surface area contributed by atoms with Crippen LogP contribution in [-0.4, -0.2) is 63.8 Å². The fourth-order valence-corrected chi connectivity index (χ4v) is 4.35. The maximum Gasteiger partial charge on any atom is 0.253 e. The van der Waals surface area contributed by atoms with Crippen LogP contribution in [0.25, 0.3) is 0 Å². The molecule has 0 unspecified atom stereocenters. The summed E-state index contributed by atoms with van der Waals surface area (Å²) in [5, 5.41) is 3.33. The normalized spacial score (nSPS) is 17.0. The fourth-order valence-electron chi connectivity index (χ4n) is 2.88. The average Bonchev–Trinajstić information content (AvgIpc) is 2.59. The van der Waals surface area contributed by atoms with E-state index >= 15 is 0 Å². The second kappa shape index (κ2) is 8.09. The van der Waals surface area contributed by atoms with Crippen LogP contribution in [0.1, 0.15) is 30.1 Å². The minimum atomic E-state index is -3.48. The van der Waals surface area contributed by atoms with Crippen molar-refractivity contribution in [3.8, 4) is 0 Å². The summed E-state index contributed by atoms with van der Waals surface area (Å²) in [4.78, 5) is 13.6. The minimum Gasteiger partial charge on any atom is -0.345 e. The van der Waals surface area contributed by atoms with Crippen molar-refractivity contribution in [2.45, 2.75) is 24.7 Å². The van der Waals surface area contributed by atoms with Crippen LogP contribution in [0, 0.1) is 5.92 Å². The Labute approximate surface area is 144 Å². The van der Waals surface area contributed by atoms with Crippen LogP contribution < -0.4 is 5.32 Å². The third kappa shape index (κ3) is 4.34. The van der Waals surface area contributed by atoms with Gasteiger partial charge in [-0.15, -0.1) is 0 Å². The Morgan fingerprint density at radius 1 is 1.21 bits per heavy atom. The molecule has 0 saturated carbocycles. The largest absolute Gasteiger partial charge is 0.345 e. The van der Waals surface area contributed by atoms with Gasteiger partial charge in [0.25, 0.3) is 5.91 Å². The molecule has 0 aromatic heterocycles. The molecule has 1 aliphatic rings. The van der Waals surface area contributed by atoms with Crippen molar-refractivity contribution >= 4 is 15.9 Å². The van der Waals surface area contributed by atoms with Gasteiger partial charge in [0.15, 0.2) is 0 Å². The molecular weight excluding hydrogens is 326 g/mol. The Bertz CT molecular complexity index is 648. The third-order valence-corrected chi connectivity index (χ3v) is 6.31. The first-order chi connectivity index (χ1) is 11.4. The number of sulfonamides is 1. The first kappa shape index (κ1) is 18.9. The molecule has 1 aromatic rings. The molecule has 0 atom stereocenters. The lowest BCUT2D eigenvalue weighted by molar-refractivity contribution is 0.0827. The van der Waals surface area contributed by atoms with Gasteiger partial charge < -0.3 is 10.2 Å². The summed E-state index contributed by atoms with van der Waals surface area (Å²) >= 11 is 0. The Hall–Kier alpha value is -1.44. The van der Waals surface area contributed by atoms with Gasteiger partial charge in [0.1, 0.15) is 0 Å². The minimum absolute atomic E-state index is 0.136. The number of carbonyl (C=O) groups is 1. The van der Waals surface area contributed by atoms with E-state index in [9.17, 15) is 13.2 Å². The number of piperidine rings is 1. The number of nitrogens with one attached hydrogen (secondary N) is 1. The Morgan fingerprint density at radius 3 is 2.29 bits per heavy atom.